The topological polar surface area (TPSA) is 117 Å². The molecule has 140 valence electrons. The van der Waals surface area contributed by atoms with Crippen molar-refractivity contribution in [2.45, 2.75) is 4.90 Å². The van der Waals surface area contributed by atoms with Crippen molar-refractivity contribution in [2.75, 3.05) is 26.1 Å². The number of halogens is 1. The van der Waals surface area contributed by atoms with E-state index in [0.717, 1.165) is 6.07 Å². The van der Waals surface area contributed by atoms with Crippen molar-refractivity contribution >= 4 is 33.0 Å². The third-order valence-electron chi connectivity index (χ3n) is 3.38. The van der Waals surface area contributed by atoms with Crippen LogP contribution in [-0.4, -0.2) is 34.7 Å². The first kappa shape index (κ1) is 19.6. The second-order valence-corrected chi connectivity index (χ2v) is 6.97. The Hall–Kier alpha value is -2.72. The summed E-state index contributed by atoms with van der Waals surface area (Å²) >= 11 is 5.99. The van der Waals surface area contributed by atoms with Crippen molar-refractivity contribution in [3.63, 3.8) is 0 Å². The van der Waals surface area contributed by atoms with Crippen LogP contribution in [-0.2, 0) is 10.0 Å². The first-order valence-corrected chi connectivity index (χ1v) is 8.86. The molecule has 0 aliphatic heterocycles. The number of ether oxygens (including phenoxy) is 3. The van der Waals surface area contributed by atoms with Crippen molar-refractivity contribution in [1.29, 1.82) is 0 Å². The molecular weight excluding hydrogens is 388 g/mol. The Kier molecular flexibility index (Phi) is 5.78. The van der Waals surface area contributed by atoms with E-state index < -0.39 is 20.6 Å². The van der Waals surface area contributed by atoms with Gasteiger partial charge in [0.2, 0.25) is 0 Å². The van der Waals surface area contributed by atoms with E-state index in [4.69, 9.17) is 25.8 Å². The zero-order valence-electron chi connectivity index (χ0n) is 14.0. The number of nitro groups is 1. The average molecular weight is 403 g/mol. The van der Waals surface area contributed by atoms with E-state index in [2.05, 4.69) is 4.72 Å². The first-order valence-electron chi connectivity index (χ1n) is 7.00. The quantitative estimate of drug-likeness (QED) is 0.558. The highest BCUT2D eigenvalue weighted by Crippen LogP contribution is 2.37. The maximum atomic E-state index is 12.6. The number of methoxy groups -OCH3 is 3. The number of nitrogens with zero attached hydrogens (tertiary/aromatic N) is 1. The zero-order valence-corrected chi connectivity index (χ0v) is 15.6. The summed E-state index contributed by atoms with van der Waals surface area (Å²) in [5.74, 6) is 0.327. The van der Waals surface area contributed by atoms with Gasteiger partial charge in [-0.1, -0.05) is 11.6 Å². The Bertz CT molecular complexity index is 947. The molecule has 0 unspecified atom stereocenters. The van der Waals surface area contributed by atoms with Gasteiger partial charge in [-0.2, -0.15) is 0 Å². The van der Waals surface area contributed by atoms with E-state index in [1.165, 1.54) is 45.6 Å². The Morgan fingerprint density at radius 2 is 1.62 bits per heavy atom. The number of anilines is 1. The predicted octanol–water partition coefficient (Wildman–Crippen LogP) is 3.07. The van der Waals surface area contributed by atoms with Gasteiger partial charge >= 0.3 is 5.69 Å². The molecule has 0 saturated heterocycles. The lowest BCUT2D eigenvalue weighted by Crippen LogP contribution is -2.14. The van der Waals surface area contributed by atoms with Gasteiger partial charge in [0.25, 0.3) is 10.0 Å². The molecular formula is C15H15ClN2O7S. The molecule has 2 rings (SSSR count). The molecule has 0 atom stereocenters. The fourth-order valence-corrected chi connectivity index (χ4v) is 3.44. The summed E-state index contributed by atoms with van der Waals surface area (Å²) in [5.41, 5.74) is -0.414. The molecule has 0 radical (unpaired) electrons. The average Bonchev–Trinajstić information content (AvgIpc) is 2.61. The minimum absolute atomic E-state index is 0.0558. The van der Waals surface area contributed by atoms with Crippen LogP contribution in [0, 0.1) is 10.1 Å². The van der Waals surface area contributed by atoms with Crippen LogP contribution in [0.3, 0.4) is 0 Å². The van der Waals surface area contributed by atoms with Crippen molar-refractivity contribution in [2.24, 2.45) is 0 Å². The molecule has 0 aromatic heterocycles. The Morgan fingerprint density at radius 3 is 2.15 bits per heavy atom. The lowest BCUT2D eigenvalue weighted by Gasteiger charge is -2.14. The van der Waals surface area contributed by atoms with Gasteiger partial charge in [0.15, 0.2) is 5.75 Å². The summed E-state index contributed by atoms with van der Waals surface area (Å²) in [6, 6.07) is 6.02. The largest absolute Gasteiger partial charge is 0.495 e. The second kappa shape index (κ2) is 7.67. The second-order valence-electron chi connectivity index (χ2n) is 4.88. The number of benzene rings is 2. The Balaban J connectivity index is 2.50. The van der Waals surface area contributed by atoms with E-state index >= 15 is 0 Å². The van der Waals surface area contributed by atoms with Crippen LogP contribution >= 0.6 is 11.6 Å². The monoisotopic (exact) mass is 402 g/mol. The van der Waals surface area contributed by atoms with Crippen LogP contribution in [0.1, 0.15) is 0 Å². The fraction of sp³-hybridized carbons (Fsp3) is 0.200. The molecule has 1 N–H and O–H groups in total. The Morgan fingerprint density at radius 1 is 1.00 bits per heavy atom. The van der Waals surface area contributed by atoms with Gasteiger partial charge in [-0.05, 0) is 12.1 Å². The van der Waals surface area contributed by atoms with Crippen molar-refractivity contribution in [1.82, 2.24) is 0 Å². The molecule has 0 fully saturated rings. The number of nitro benzene ring substituents is 1. The number of rotatable bonds is 7. The molecule has 0 amide bonds. The molecule has 0 heterocycles. The molecule has 0 aliphatic carbocycles. The van der Waals surface area contributed by atoms with Crippen LogP contribution in [0.4, 0.5) is 11.4 Å². The highest BCUT2D eigenvalue weighted by atomic mass is 35.5. The van der Waals surface area contributed by atoms with Crippen LogP contribution in [0.25, 0.3) is 0 Å². The fourth-order valence-electron chi connectivity index (χ4n) is 2.12. The first-order chi connectivity index (χ1) is 12.2. The highest BCUT2D eigenvalue weighted by molar-refractivity contribution is 7.92. The molecule has 9 nitrogen and oxygen atoms in total. The van der Waals surface area contributed by atoms with E-state index in [1.54, 1.807) is 0 Å². The SMILES string of the molecule is COc1cc(NS(=O)(=O)c2ccc(OC)c([N+](=O)[O-])c2)c(OC)cc1Cl. The number of sulfonamides is 1. The van der Waals surface area contributed by atoms with Crippen molar-refractivity contribution < 1.29 is 27.6 Å². The van der Waals surface area contributed by atoms with E-state index in [0.29, 0.717) is 0 Å². The summed E-state index contributed by atoms with van der Waals surface area (Å²) in [6.45, 7) is 0. The minimum atomic E-state index is -4.15. The molecule has 2 aromatic rings. The molecule has 11 heteroatoms. The summed E-state index contributed by atoms with van der Waals surface area (Å²) in [6.07, 6.45) is 0. The van der Waals surface area contributed by atoms with Crippen molar-refractivity contribution in [3.05, 3.63) is 45.5 Å². The standard InChI is InChI=1S/C15H15ClN2O7S/c1-23-13-5-4-9(6-12(13)18(19)20)26(21,22)17-11-8-14(24-2)10(16)7-15(11)25-3/h4-8,17H,1-3H3. The molecule has 0 aliphatic rings. The van der Waals surface area contributed by atoms with Crippen LogP contribution in [0.2, 0.25) is 5.02 Å². The third kappa shape index (κ3) is 3.92. The van der Waals surface area contributed by atoms with E-state index in [9.17, 15) is 18.5 Å². The molecule has 0 spiro atoms. The smallest absolute Gasteiger partial charge is 0.312 e. The van der Waals surface area contributed by atoms with Gasteiger partial charge in [0.1, 0.15) is 11.5 Å². The highest BCUT2D eigenvalue weighted by Gasteiger charge is 2.23. The van der Waals surface area contributed by atoms with Gasteiger partial charge in [-0.3, -0.25) is 14.8 Å². The summed E-state index contributed by atoms with van der Waals surface area (Å²) in [4.78, 5) is 10.0. The van der Waals surface area contributed by atoms with Crippen LogP contribution < -0.4 is 18.9 Å². The molecule has 0 bridgehead atoms. The lowest BCUT2D eigenvalue weighted by molar-refractivity contribution is -0.386. The van der Waals surface area contributed by atoms with E-state index in [-0.39, 0.29) is 32.9 Å². The molecule has 2 aromatic carbocycles. The lowest BCUT2D eigenvalue weighted by atomic mass is 10.3. The zero-order chi connectivity index (χ0) is 19.5. The van der Waals surface area contributed by atoms with E-state index in [1.807, 2.05) is 0 Å². The summed E-state index contributed by atoms with van der Waals surface area (Å²) < 4.78 is 42.6. The van der Waals surface area contributed by atoms with Gasteiger partial charge < -0.3 is 14.2 Å². The van der Waals surface area contributed by atoms with Gasteiger partial charge in [0.05, 0.1) is 41.9 Å². The normalized spacial score (nSPS) is 10.9. The predicted molar refractivity (Wildman–Crippen MR) is 95.0 cm³/mol. The third-order valence-corrected chi connectivity index (χ3v) is 5.03. The Labute approximate surface area is 154 Å². The van der Waals surface area contributed by atoms with Crippen LogP contribution in [0.5, 0.6) is 17.2 Å². The maximum absolute atomic E-state index is 12.6. The minimum Gasteiger partial charge on any atom is -0.495 e. The maximum Gasteiger partial charge on any atom is 0.312 e. The molecule has 26 heavy (non-hydrogen) atoms. The number of hydrogen-bond acceptors (Lipinski definition) is 7. The van der Waals surface area contributed by atoms with Gasteiger partial charge in [-0.15, -0.1) is 0 Å². The van der Waals surface area contributed by atoms with Crippen LogP contribution in [0.15, 0.2) is 35.2 Å². The summed E-state index contributed by atoms with van der Waals surface area (Å²) in [5, 5.41) is 11.3. The number of nitrogens with one attached hydrogen (secondary N) is 1. The summed E-state index contributed by atoms with van der Waals surface area (Å²) in [7, 11) is -0.189. The van der Waals surface area contributed by atoms with Crippen molar-refractivity contribution in [3.8, 4) is 17.2 Å². The molecule has 0 saturated carbocycles. The van der Waals surface area contributed by atoms with Gasteiger partial charge in [-0.25, -0.2) is 8.42 Å². The van der Waals surface area contributed by atoms with Gasteiger partial charge in [0, 0.05) is 18.2 Å². The number of hydrogen-bond donors (Lipinski definition) is 1.